The number of aliphatic imine (C=N–C) groups is 1. The third-order valence-electron chi connectivity index (χ3n) is 4.23. The molecule has 1 aliphatic heterocycles. The second-order valence-electron chi connectivity index (χ2n) is 6.30. The molecule has 0 bridgehead atoms. The number of hydrogen-bond acceptors (Lipinski definition) is 3. The third kappa shape index (κ3) is 7.02. The summed E-state index contributed by atoms with van der Waals surface area (Å²) in [7, 11) is 0. The van der Waals surface area contributed by atoms with Crippen LogP contribution < -0.4 is 10.6 Å². The molecule has 0 radical (unpaired) electrons. The highest BCUT2D eigenvalue weighted by Gasteiger charge is 2.29. The molecule has 0 aliphatic carbocycles. The lowest BCUT2D eigenvalue weighted by Crippen LogP contribution is -2.42. The van der Waals surface area contributed by atoms with Crippen molar-refractivity contribution in [2.75, 3.05) is 32.8 Å². The summed E-state index contributed by atoms with van der Waals surface area (Å²) in [5.74, 6) is 0.726. The largest absolute Gasteiger partial charge is 0.388 e. The van der Waals surface area contributed by atoms with Gasteiger partial charge in [-0.3, -0.25) is 4.99 Å². The predicted octanol–water partition coefficient (Wildman–Crippen LogP) is 3.02. The second kappa shape index (κ2) is 10.2. The fourth-order valence-electron chi connectivity index (χ4n) is 2.69. The topological polar surface area (TPSA) is 65.9 Å². The van der Waals surface area contributed by atoms with Gasteiger partial charge in [0.25, 0.3) is 0 Å². The van der Waals surface area contributed by atoms with Crippen molar-refractivity contribution in [1.82, 2.24) is 10.6 Å². The van der Waals surface area contributed by atoms with Crippen molar-refractivity contribution < 1.29 is 9.84 Å². The Morgan fingerprint density at radius 2 is 2.04 bits per heavy atom. The quantitative estimate of drug-likeness (QED) is 0.382. The highest BCUT2D eigenvalue weighted by molar-refractivity contribution is 6.35. The number of hydrogen-bond donors (Lipinski definition) is 3. The number of nitrogens with one attached hydrogen (secondary N) is 2. The van der Waals surface area contributed by atoms with Crippen LogP contribution in [0.5, 0.6) is 0 Å². The van der Waals surface area contributed by atoms with E-state index in [2.05, 4.69) is 15.6 Å². The van der Waals surface area contributed by atoms with E-state index in [0.717, 1.165) is 37.5 Å². The molecule has 0 atom stereocenters. The maximum Gasteiger partial charge on any atom is 0.191 e. The normalized spacial score (nSPS) is 17.4. The van der Waals surface area contributed by atoms with E-state index in [1.807, 2.05) is 19.1 Å². The Morgan fingerprint density at radius 1 is 1.28 bits per heavy atom. The van der Waals surface area contributed by atoms with E-state index in [1.54, 1.807) is 6.07 Å². The molecule has 1 aromatic rings. The molecule has 1 aliphatic rings. The first-order chi connectivity index (χ1) is 12.0. The molecule has 3 N–H and O–H groups in total. The van der Waals surface area contributed by atoms with E-state index < -0.39 is 5.60 Å². The van der Waals surface area contributed by atoms with Gasteiger partial charge in [-0.2, -0.15) is 0 Å². The maximum absolute atomic E-state index is 10.5. The lowest BCUT2D eigenvalue weighted by molar-refractivity contribution is -0.0565. The minimum atomic E-state index is -0.753. The number of nitrogens with zero attached hydrogens (tertiary/aromatic N) is 1. The molecule has 2 rings (SSSR count). The van der Waals surface area contributed by atoms with Crippen LogP contribution in [0.25, 0.3) is 0 Å². The SMILES string of the molecule is CCNC(=NCC1(O)CCOCC1)NCCCc1ccc(Cl)cc1Cl. The van der Waals surface area contributed by atoms with Crippen molar-refractivity contribution in [2.24, 2.45) is 4.99 Å². The van der Waals surface area contributed by atoms with Crippen molar-refractivity contribution in [3.8, 4) is 0 Å². The average Bonchev–Trinajstić information content (AvgIpc) is 2.58. The van der Waals surface area contributed by atoms with Gasteiger partial charge >= 0.3 is 0 Å². The summed E-state index contributed by atoms with van der Waals surface area (Å²) in [5.41, 5.74) is 0.337. The number of ether oxygens (including phenoxy) is 1. The average molecular weight is 388 g/mol. The Hall–Kier alpha value is -1.01. The summed E-state index contributed by atoms with van der Waals surface area (Å²) in [5, 5.41) is 18.4. The first kappa shape index (κ1) is 20.3. The van der Waals surface area contributed by atoms with Gasteiger partial charge in [-0.1, -0.05) is 29.3 Å². The molecule has 0 unspecified atom stereocenters. The van der Waals surface area contributed by atoms with E-state index in [1.165, 1.54) is 0 Å². The fourth-order valence-corrected chi connectivity index (χ4v) is 3.19. The van der Waals surface area contributed by atoms with E-state index >= 15 is 0 Å². The summed E-state index contributed by atoms with van der Waals surface area (Å²) >= 11 is 12.1. The van der Waals surface area contributed by atoms with Gasteiger partial charge < -0.3 is 20.5 Å². The van der Waals surface area contributed by atoms with Crippen molar-refractivity contribution in [3.63, 3.8) is 0 Å². The van der Waals surface area contributed by atoms with Crippen LogP contribution in [0.2, 0.25) is 10.0 Å². The maximum atomic E-state index is 10.5. The highest BCUT2D eigenvalue weighted by Crippen LogP contribution is 2.22. The second-order valence-corrected chi connectivity index (χ2v) is 7.14. The van der Waals surface area contributed by atoms with Gasteiger partial charge in [0.1, 0.15) is 0 Å². The Balaban J connectivity index is 1.79. The zero-order valence-electron chi connectivity index (χ0n) is 14.7. The molecule has 1 heterocycles. The number of rotatable bonds is 7. The van der Waals surface area contributed by atoms with Crippen LogP contribution >= 0.6 is 23.2 Å². The van der Waals surface area contributed by atoms with Crippen molar-refractivity contribution in [3.05, 3.63) is 33.8 Å². The molecule has 1 aromatic carbocycles. The van der Waals surface area contributed by atoms with E-state index in [0.29, 0.717) is 42.6 Å². The summed E-state index contributed by atoms with van der Waals surface area (Å²) in [6, 6.07) is 5.59. The minimum absolute atomic E-state index is 0.384. The highest BCUT2D eigenvalue weighted by atomic mass is 35.5. The molecule has 140 valence electrons. The third-order valence-corrected chi connectivity index (χ3v) is 4.82. The fraction of sp³-hybridized carbons (Fsp3) is 0.611. The summed E-state index contributed by atoms with van der Waals surface area (Å²) in [6.07, 6.45) is 3.05. The molecule has 1 fully saturated rings. The monoisotopic (exact) mass is 387 g/mol. The van der Waals surface area contributed by atoms with Gasteiger partial charge in [-0.25, -0.2) is 0 Å². The van der Waals surface area contributed by atoms with Crippen LogP contribution in [-0.4, -0.2) is 49.5 Å². The number of aryl methyl sites for hydroxylation is 1. The Morgan fingerprint density at radius 3 is 2.72 bits per heavy atom. The molecule has 0 saturated carbocycles. The summed E-state index contributed by atoms with van der Waals surface area (Å²) in [6.45, 7) is 5.14. The lowest BCUT2D eigenvalue weighted by Gasteiger charge is -2.30. The molecule has 1 saturated heterocycles. The number of halogens is 2. The smallest absolute Gasteiger partial charge is 0.191 e. The van der Waals surface area contributed by atoms with E-state index in [-0.39, 0.29) is 0 Å². The molecule has 0 amide bonds. The molecule has 25 heavy (non-hydrogen) atoms. The molecule has 7 heteroatoms. The molecular weight excluding hydrogens is 361 g/mol. The number of aliphatic hydroxyl groups is 1. The van der Waals surface area contributed by atoms with Gasteiger partial charge in [0, 0.05) is 49.2 Å². The lowest BCUT2D eigenvalue weighted by atomic mass is 9.95. The van der Waals surface area contributed by atoms with Crippen LogP contribution in [-0.2, 0) is 11.2 Å². The minimum Gasteiger partial charge on any atom is -0.388 e. The van der Waals surface area contributed by atoms with Crippen molar-refractivity contribution >= 4 is 29.2 Å². The van der Waals surface area contributed by atoms with Crippen LogP contribution in [0.3, 0.4) is 0 Å². The van der Waals surface area contributed by atoms with Gasteiger partial charge in [0.2, 0.25) is 0 Å². The van der Waals surface area contributed by atoms with Crippen LogP contribution in [0, 0.1) is 0 Å². The summed E-state index contributed by atoms with van der Waals surface area (Å²) < 4.78 is 5.30. The van der Waals surface area contributed by atoms with Crippen LogP contribution in [0.1, 0.15) is 31.7 Å². The van der Waals surface area contributed by atoms with Gasteiger partial charge in [0.05, 0.1) is 12.1 Å². The van der Waals surface area contributed by atoms with Gasteiger partial charge in [-0.15, -0.1) is 0 Å². The zero-order valence-corrected chi connectivity index (χ0v) is 16.2. The first-order valence-corrected chi connectivity index (χ1v) is 9.54. The standard InChI is InChI=1S/C18H27Cl2N3O2/c1-2-21-17(23-13-18(24)7-10-25-11-8-18)22-9-3-4-14-5-6-15(19)12-16(14)20/h5-6,12,24H,2-4,7-11,13H2,1H3,(H2,21,22,23). The molecule has 0 aromatic heterocycles. The first-order valence-electron chi connectivity index (χ1n) is 8.79. The molecule has 5 nitrogen and oxygen atoms in total. The van der Waals surface area contributed by atoms with Crippen molar-refractivity contribution in [1.29, 1.82) is 0 Å². The molecule has 0 spiro atoms. The number of guanidine groups is 1. The Labute approximate surface area is 159 Å². The van der Waals surface area contributed by atoms with Crippen molar-refractivity contribution in [2.45, 2.75) is 38.2 Å². The van der Waals surface area contributed by atoms with Crippen LogP contribution in [0.4, 0.5) is 0 Å². The molecular formula is C18H27Cl2N3O2. The van der Waals surface area contributed by atoms with Crippen LogP contribution in [0.15, 0.2) is 23.2 Å². The predicted molar refractivity (Wildman–Crippen MR) is 104 cm³/mol. The van der Waals surface area contributed by atoms with E-state index in [9.17, 15) is 5.11 Å². The Kier molecular flexibility index (Phi) is 8.30. The van der Waals surface area contributed by atoms with Gasteiger partial charge in [-0.05, 0) is 37.5 Å². The zero-order chi connectivity index (χ0) is 18.1. The van der Waals surface area contributed by atoms with E-state index in [4.69, 9.17) is 27.9 Å². The summed E-state index contributed by atoms with van der Waals surface area (Å²) in [4.78, 5) is 4.53. The number of benzene rings is 1. The Bertz CT molecular complexity index is 575. The van der Waals surface area contributed by atoms with Gasteiger partial charge in [0.15, 0.2) is 5.96 Å².